The lowest BCUT2D eigenvalue weighted by Crippen LogP contribution is -2.01. The summed E-state index contributed by atoms with van der Waals surface area (Å²) >= 11 is 0. The molecule has 0 spiro atoms. The van der Waals surface area contributed by atoms with Crippen molar-refractivity contribution in [3.05, 3.63) is 47.5 Å². The van der Waals surface area contributed by atoms with Crippen molar-refractivity contribution in [2.24, 2.45) is 0 Å². The molecule has 0 aliphatic heterocycles. The van der Waals surface area contributed by atoms with Crippen LogP contribution >= 0.6 is 0 Å². The van der Waals surface area contributed by atoms with Gasteiger partial charge in [0.25, 0.3) is 0 Å². The summed E-state index contributed by atoms with van der Waals surface area (Å²) in [4.78, 5) is 11.1. The first-order chi connectivity index (χ1) is 8.19. The van der Waals surface area contributed by atoms with Crippen molar-refractivity contribution in [1.82, 2.24) is 0 Å². The van der Waals surface area contributed by atoms with Crippen molar-refractivity contribution in [1.29, 1.82) is 0 Å². The fourth-order valence-corrected chi connectivity index (χ4v) is 1.92. The molecule has 0 fully saturated rings. The van der Waals surface area contributed by atoms with E-state index in [1.165, 1.54) is 29.0 Å². The lowest BCUT2D eigenvalue weighted by atomic mass is 10.0. The molecular weight excluding hydrogens is 212 g/mol. The van der Waals surface area contributed by atoms with Crippen LogP contribution in [0.2, 0.25) is 0 Å². The molecule has 88 valence electrons. The van der Waals surface area contributed by atoms with E-state index in [9.17, 15) is 4.79 Å². The van der Waals surface area contributed by atoms with Crippen LogP contribution in [0.15, 0.2) is 36.4 Å². The average molecular weight is 228 g/mol. The van der Waals surface area contributed by atoms with Gasteiger partial charge in [-0.25, -0.2) is 0 Å². The zero-order valence-corrected chi connectivity index (χ0v) is 10.2. The largest absolute Gasteiger partial charge is 0.469 e. The molecule has 2 rings (SSSR count). The summed E-state index contributed by atoms with van der Waals surface area (Å²) in [6.07, 6.45) is 1.17. The van der Waals surface area contributed by atoms with Crippen LogP contribution in [0.5, 0.6) is 0 Å². The molecule has 2 heteroatoms. The molecule has 2 aromatic rings. The number of aryl methyl sites for hydroxylation is 2. The van der Waals surface area contributed by atoms with Crippen LogP contribution in [-0.2, 0) is 16.0 Å². The molecule has 2 aromatic carbocycles. The molecule has 0 amide bonds. The van der Waals surface area contributed by atoms with Gasteiger partial charge in [-0.2, -0.15) is 0 Å². The van der Waals surface area contributed by atoms with E-state index >= 15 is 0 Å². The summed E-state index contributed by atoms with van der Waals surface area (Å²) in [5, 5.41) is 2.46. The Bertz CT molecular complexity index is 544. The number of esters is 1. The standard InChI is InChI=1S/C15H16O2/c1-11-3-6-14-10-12(4-7-13(14)9-11)5-8-15(16)17-2/h3-4,6-7,9-10H,5,8H2,1-2H3. The lowest BCUT2D eigenvalue weighted by Gasteiger charge is -2.04. The summed E-state index contributed by atoms with van der Waals surface area (Å²) in [6.45, 7) is 2.09. The van der Waals surface area contributed by atoms with E-state index in [4.69, 9.17) is 0 Å². The number of hydrogen-bond acceptors (Lipinski definition) is 2. The van der Waals surface area contributed by atoms with Crippen molar-refractivity contribution < 1.29 is 9.53 Å². The van der Waals surface area contributed by atoms with Gasteiger partial charge in [-0.15, -0.1) is 0 Å². The third-order valence-electron chi connectivity index (χ3n) is 2.91. The summed E-state index contributed by atoms with van der Waals surface area (Å²) < 4.78 is 4.64. The second-order valence-corrected chi connectivity index (χ2v) is 4.26. The van der Waals surface area contributed by atoms with Gasteiger partial charge in [-0.1, -0.05) is 42.0 Å². The molecular formula is C15H16O2. The highest BCUT2D eigenvalue weighted by molar-refractivity contribution is 5.83. The summed E-state index contributed by atoms with van der Waals surface area (Å²) in [6, 6.07) is 12.7. The van der Waals surface area contributed by atoms with E-state index in [1.807, 2.05) is 0 Å². The van der Waals surface area contributed by atoms with Gasteiger partial charge >= 0.3 is 5.97 Å². The predicted octanol–water partition coefficient (Wildman–Crippen LogP) is 3.25. The molecule has 0 bridgehead atoms. The number of methoxy groups -OCH3 is 1. The fraction of sp³-hybridized carbons (Fsp3) is 0.267. The maximum absolute atomic E-state index is 11.1. The van der Waals surface area contributed by atoms with Crippen LogP contribution in [0, 0.1) is 6.92 Å². The third kappa shape index (κ3) is 2.84. The molecule has 0 aromatic heterocycles. The van der Waals surface area contributed by atoms with Crippen molar-refractivity contribution in [2.45, 2.75) is 19.8 Å². The first-order valence-electron chi connectivity index (χ1n) is 5.75. The number of fused-ring (bicyclic) bond motifs is 1. The van der Waals surface area contributed by atoms with Crippen molar-refractivity contribution in [3.8, 4) is 0 Å². The Hall–Kier alpha value is -1.83. The molecule has 0 saturated heterocycles. The Labute approximate surface area is 101 Å². The average Bonchev–Trinajstić information content (AvgIpc) is 2.35. The predicted molar refractivity (Wildman–Crippen MR) is 69.0 cm³/mol. The van der Waals surface area contributed by atoms with E-state index in [0.29, 0.717) is 6.42 Å². The number of ether oxygens (including phenoxy) is 1. The Balaban J connectivity index is 2.20. The maximum Gasteiger partial charge on any atom is 0.305 e. The zero-order chi connectivity index (χ0) is 12.3. The first kappa shape index (κ1) is 11.6. The minimum Gasteiger partial charge on any atom is -0.469 e. The first-order valence-corrected chi connectivity index (χ1v) is 5.75. The van der Waals surface area contributed by atoms with Gasteiger partial charge in [0, 0.05) is 6.42 Å². The van der Waals surface area contributed by atoms with Gasteiger partial charge in [0.1, 0.15) is 0 Å². The molecule has 0 radical (unpaired) electrons. The third-order valence-corrected chi connectivity index (χ3v) is 2.91. The quantitative estimate of drug-likeness (QED) is 0.754. The van der Waals surface area contributed by atoms with Gasteiger partial charge < -0.3 is 4.74 Å². The molecule has 0 heterocycles. The van der Waals surface area contributed by atoms with Crippen molar-refractivity contribution >= 4 is 16.7 Å². The SMILES string of the molecule is COC(=O)CCc1ccc2cc(C)ccc2c1. The number of benzene rings is 2. The Morgan fingerprint density at radius 2 is 1.82 bits per heavy atom. The molecule has 0 atom stereocenters. The number of rotatable bonds is 3. The van der Waals surface area contributed by atoms with E-state index in [0.717, 1.165) is 6.42 Å². The normalized spacial score (nSPS) is 10.5. The van der Waals surface area contributed by atoms with Gasteiger partial charge in [0.15, 0.2) is 0 Å². The highest BCUT2D eigenvalue weighted by Crippen LogP contribution is 2.18. The van der Waals surface area contributed by atoms with E-state index in [1.54, 1.807) is 0 Å². The number of hydrogen-bond donors (Lipinski definition) is 0. The highest BCUT2D eigenvalue weighted by Gasteiger charge is 2.02. The Morgan fingerprint density at radius 1 is 1.12 bits per heavy atom. The van der Waals surface area contributed by atoms with Crippen LogP contribution < -0.4 is 0 Å². The maximum atomic E-state index is 11.1. The Kier molecular flexibility index (Phi) is 3.43. The molecule has 17 heavy (non-hydrogen) atoms. The summed E-state index contributed by atoms with van der Waals surface area (Å²) in [5.41, 5.74) is 2.44. The van der Waals surface area contributed by atoms with Gasteiger partial charge in [0.05, 0.1) is 7.11 Å². The van der Waals surface area contributed by atoms with E-state index in [2.05, 4.69) is 48.1 Å². The minimum absolute atomic E-state index is 0.158. The molecule has 2 nitrogen and oxygen atoms in total. The smallest absolute Gasteiger partial charge is 0.305 e. The number of carbonyl (C=O) groups excluding carboxylic acids is 1. The van der Waals surface area contributed by atoms with Gasteiger partial charge in [0.2, 0.25) is 0 Å². The second kappa shape index (κ2) is 5.00. The van der Waals surface area contributed by atoms with Crippen LogP contribution in [-0.4, -0.2) is 13.1 Å². The Morgan fingerprint density at radius 3 is 2.59 bits per heavy atom. The van der Waals surface area contributed by atoms with Crippen molar-refractivity contribution in [3.63, 3.8) is 0 Å². The molecule has 0 unspecified atom stereocenters. The zero-order valence-electron chi connectivity index (χ0n) is 10.2. The van der Waals surface area contributed by atoms with Gasteiger partial charge in [-0.3, -0.25) is 4.79 Å². The minimum atomic E-state index is -0.158. The fourth-order valence-electron chi connectivity index (χ4n) is 1.92. The molecule has 0 aliphatic rings. The number of carbonyl (C=O) groups is 1. The van der Waals surface area contributed by atoms with E-state index < -0.39 is 0 Å². The second-order valence-electron chi connectivity index (χ2n) is 4.26. The van der Waals surface area contributed by atoms with Crippen molar-refractivity contribution in [2.75, 3.05) is 7.11 Å². The van der Waals surface area contributed by atoms with E-state index in [-0.39, 0.29) is 5.97 Å². The lowest BCUT2D eigenvalue weighted by molar-refractivity contribution is -0.140. The van der Waals surface area contributed by atoms with Crippen LogP contribution in [0.4, 0.5) is 0 Å². The molecule has 0 aliphatic carbocycles. The van der Waals surface area contributed by atoms with Gasteiger partial charge in [-0.05, 0) is 29.7 Å². The van der Waals surface area contributed by atoms with Crippen LogP contribution in [0.3, 0.4) is 0 Å². The highest BCUT2D eigenvalue weighted by atomic mass is 16.5. The molecule has 0 N–H and O–H groups in total. The summed E-state index contributed by atoms with van der Waals surface area (Å²) in [5.74, 6) is -0.158. The topological polar surface area (TPSA) is 26.3 Å². The molecule has 0 saturated carbocycles. The summed E-state index contributed by atoms with van der Waals surface area (Å²) in [7, 11) is 1.42. The van der Waals surface area contributed by atoms with Crippen LogP contribution in [0.25, 0.3) is 10.8 Å². The monoisotopic (exact) mass is 228 g/mol. The van der Waals surface area contributed by atoms with Crippen LogP contribution in [0.1, 0.15) is 17.5 Å².